The molecule has 0 spiro atoms. The number of hydrogen-bond donors (Lipinski definition) is 0. The lowest BCUT2D eigenvalue weighted by Crippen LogP contribution is -2.21. The molecule has 0 saturated carbocycles. The van der Waals surface area contributed by atoms with Crippen LogP contribution in [-0.2, 0) is 0 Å². The minimum absolute atomic E-state index is 0.0785. The third-order valence-corrected chi connectivity index (χ3v) is 7.19. The van der Waals surface area contributed by atoms with Crippen LogP contribution in [0.2, 0.25) is 0 Å². The fraction of sp³-hybridized carbons (Fsp3) is 0.148. The number of benzene rings is 4. The number of rotatable bonds is 4. The second-order valence-corrected chi connectivity index (χ2v) is 9.04. The predicted molar refractivity (Wildman–Crippen MR) is 137 cm³/mol. The summed E-state index contributed by atoms with van der Waals surface area (Å²) < 4.78 is 7.30. The van der Waals surface area contributed by atoms with Crippen molar-refractivity contribution >= 4 is 49.1 Å². The molecule has 0 N–H and O–H groups in total. The molecule has 2 heterocycles. The SMILES string of the molecule is CCN(CC)c1ccc2nc3c4ccc(-c5nc6ccccc6s5)cc4c(=O)cc-3oc2c1. The van der Waals surface area contributed by atoms with Crippen molar-refractivity contribution in [1.29, 1.82) is 0 Å². The molecule has 0 bridgehead atoms. The Balaban J connectivity index is 1.53. The average Bonchev–Trinajstić information content (AvgIpc) is 3.28. The summed E-state index contributed by atoms with van der Waals surface area (Å²) in [6.07, 6.45) is 0. The van der Waals surface area contributed by atoms with Gasteiger partial charge in [-0.25, -0.2) is 9.97 Å². The number of aromatic nitrogens is 2. The molecule has 0 radical (unpaired) electrons. The first-order chi connectivity index (χ1) is 16.1. The van der Waals surface area contributed by atoms with Crippen molar-refractivity contribution in [2.45, 2.75) is 13.8 Å². The van der Waals surface area contributed by atoms with Gasteiger partial charge in [-0.3, -0.25) is 4.79 Å². The molecule has 0 saturated heterocycles. The number of nitrogens with zero attached hydrogens (tertiary/aromatic N) is 3. The van der Waals surface area contributed by atoms with Crippen molar-refractivity contribution in [3.05, 3.63) is 77.0 Å². The van der Waals surface area contributed by atoms with E-state index in [4.69, 9.17) is 14.4 Å². The molecule has 1 aliphatic heterocycles. The lowest BCUT2D eigenvalue weighted by molar-refractivity contribution is 0.613. The highest BCUT2D eigenvalue weighted by Crippen LogP contribution is 2.35. The van der Waals surface area contributed by atoms with Gasteiger partial charge in [-0.15, -0.1) is 11.3 Å². The van der Waals surface area contributed by atoms with Gasteiger partial charge in [-0.2, -0.15) is 0 Å². The van der Waals surface area contributed by atoms with Crippen LogP contribution in [0.5, 0.6) is 0 Å². The summed E-state index contributed by atoms with van der Waals surface area (Å²) in [7, 11) is 0. The molecule has 6 rings (SSSR count). The van der Waals surface area contributed by atoms with Crippen molar-refractivity contribution in [2.24, 2.45) is 0 Å². The monoisotopic (exact) mass is 451 g/mol. The van der Waals surface area contributed by atoms with Crippen LogP contribution in [0.1, 0.15) is 13.8 Å². The van der Waals surface area contributed by atoms with E-state index < -0.39 is 0 Å². The summed E-state index contributed by atoms with van der Waals surface area (Å²) in [6.45, 7) is 6.08. The molecule has 4 aromatic rings. The van der Waals surface area contributed by atoms with E-state index in [2.05, 4.69) is 30.9 Å². The van der Waals surface area contributed by atoms with Gasteiger partial charge in [0.25, 0.3) is 0 Å². The minimum atomic E-state index is -0.0785. The van der Waals surface area contributed by atoms with Crippen molar-refractivity contribution < 1.29 is 4.42 Å². The zero-order valence-corrected chi connectivity index (χ0v) is 19.1. The quantitative estimate of drug-likeness (QED) is 0.224. The lowest BCUT2D eigenvalue weighted by Gasteiger charge is -2.21. The zero-order valence-electron chi connectivity index (χ0n) is 18.3. The Bertz CT molecular complexity index is 1650. The van der Waals surface area contributed by atoms with E-state index in [1.807, 2.05) is 48.5 Å². The molecule has 1 aromatic heterocycles. The van der Waals surface area contributed by atoms with E-state index in [1.54, 1.807) is 17.4 Å². The van der Waals surface area contributed by atoms with Crippen LogP contribution < -0.4 is 10.3 Å². The van der Waals surface area contributed by atoms with Crippen LogP contribution in [0.4, 0.5) is 5.69 Å². The summed E-state index contributed by atoms with van der Waals surface area (Å²) in [5, 5.41) is 2.32. The maximum Gasteiger partial charge on any atom is 0.190 e. The molecule has 0 unspecified atom stereocenters. The van der Waals surface area contributed by atoms with Gasteiger partial charge in [0.2, 0.25) is 0 Å². The average molecular weight is 452 g/mol. The lowest BCUT2D eigenvalue weighted by atomic mass is 10.0. The van der Waals surface area contributed by atoms with E-state index in [-0.39, 0.29) is 5.43 Å². The van der Waals surface area contributed by atoms with Crippen molar-refractivity contribution in [3.63, 3.8) is 0 Å². The molecule has 5 nitrogen and oxygen atoms in total. The van der Waals surface area contributed by atoms with Crippen LogP contribution >= 0.6 is 11.3 Å². The highest BCUT2D eigenvalue weighted by molar-refractivity contribution is 7.21. The van der Waals surface area contributed by atoms with E-state index in [0.29, 0.717) is 22.4 Å². The number of thiazole rings is 1. The summed E-state index contributed by atoms with van der Waals surface area (Å²) in [5.41, 5.74) is 5.05. The van der Waals surface area contributed by atoms with Crippen LogP contribution in [0.15, 0.2) is 75.9 Å². The smallest absolute Gasteiger partial charge is 0.190 e. The normalized spacial score (nSPS) is 11.7. The third-order valence-electron chi connectivity index (χ3n) is 6.10. The molecule has 3 aromatic carbocycles. The summed E-state index contributed by atoms with van der Waals surface area (Å²) in [6, 6.07) is 21.6. The topological polar surface area (TPSA) is 59.2 Å². The minimum Gasteiger partial charge on any atom is -0.453 e. The van der Waals surface area contributed by atoms with Gasteiger partial charge < -0.3 is 9.32 Å². The van der Waals surface area contributed by atoms with Gasteiger partial charge in [0.15, 0.2) is 16.8 Å². The highest BCUT2D eigenvalue weighted by atomic mass is 32.1. The first-order valence-electron chi connectivity index (χ1n) is 11.1. The molecule has 2 aliphatic rings. The summed E-state index contributed by atoms with van der Waals surface area (Å²) >= 11 is 1.63. The van der Waals surface area contributed by atoms with Crippen molar-refractivity contribution in [1.82, 2.24) is 9.97 Å². The van der Waals surface area contributed by atoms with Gasteiger partial charge in [-0.05, 0) is 44.2 Å². The fourth-order valence-corrected chi connectivity index (χ4v) is 5.34. The predicted octanol–water partition coefficient (Wildman–Crippen LogP) is 6.57. The van der Waals surface area contributed by atoms with Crippen molar-refractivity contribution in [3.8, 4) is 22.0 Å². The zero-order chi connectivity index (χ0) is 22.5. The second kappa shape index (κ2) is 7.67. The Kier molecular flexibility index (Phi) is 4.62. The molecular weight excluding hydrogens is 430 g/mol. The number of anilines is 1. The van der Waals surface area contributed by atoms with Gasteiger partial charge in [-0.1, -0.05) is 24.3 Å². The van der Waals surface area contributed by atoms with E-state index in [1.165, 1.54) is 0 Å². The first-order valence-corrected chi connectivity index (χ1v) is 11.9. The Morgan fingerprint density at radius 1 is 0.879 bits per heavy atom. The van der Waals surface area contributed by atoms with Gasteiger partial charge in [0.1, 0.15) is 16.2 Å². The largest absolute Gasteiger partial charge is 0.453 e. The van der Waals surface area contributed by atoms with Crippen LogP contribution in [-0.4, -0.2) is 23.1 Å². The van der Waals surface area contributed by atoms with Gasteiger partial charge in [0, 0.05) is 47.2 Å². The number of fused-ring (bicyclic) bond motifs is 5. The standard InChI is InChI=1S/C27H21N3O2S/c1-3-30(4-2)17-10-12-20-23(14-17)32-24-15-22(31)19-13-16(9-11-18(19)26(24)28-20)27-29-21-7-5-6-8-25(21)33-27/h5-15H,3-4H2,1-2H3. The van der Waals surface area contributed by atoms with E-state index in [0.717, 1.165) is 50.5 Å². The Labute approximate surface area is 194 Å². The third kappa shape index (κ3) is 3.26. The molecule has 0 atom stereocenters. The molecule has 162 valence electrons. The Morgan fingerprint density at radius 3 is 2.55 bits per heavy atom. The summed E-state index contributed by atoms with van der Waals surface area (Å²) in [4.78, 5) is 24.9. The molecule has 0 fully saturated rings. The maximum atomic E-state index is 13.0. The molecule has 33 heavy (non-hydrogen) atoms. The molecule has 0 amide bonds. The van der Waals surface area contributed by atoms with E-state index >= 15 is 0 Å². The first kappa shape index (κ1) is 19.9. The Morgan fingerprint density at radius 2 is 1.73 bits per heavy atom. The van der Waals surface area contributed by atoms with E-state index in [9.17, 15) is 4.79 Å². The summed E-state index contributed by atoms with van der Waals surface area (Å²) in [5.74, 6) is 0.504. The van der Waals surface area contributed by atoms with Crippen molar-refractivity contribution in [2.75, 3.05) is 18.0 Å². The second-order valence-electron chi connectivity index (χ2n) is 8.01. The molecule has 6 heteroatoms. The number of para-hydroxylation sites is 1. The van der Waals surface area contributed by atoms with Crippen LogP contribution in [0, 0.1) is 0 Å². The molecule has 1 aliphatic carbocycles. The van der Waals surface area contributed by atoms with Crippen LogP contribution in [0.25, 0.3) is 54.1 Å². The highest BCUT2D eigenvalue weighted by Gasteiger charge is 2.18. The maximum absolute atomic E-state index is 13.0. The molecular formula is C27H21N3O2S. The fourth-order valence-electron chi connectivity index (χ4n) is 4.38. The van der Waals surface area contributed by atoms with Crippen LogP contribution in [0.3, 0.4) is 0 Å². The Hall–Kier alpha value is -3.77. The van der Waals surface area contributed by atoms with Gasteiger partial charge in [0.05, 0.1) is 10.2 Å². The van der Waals surface area contributed by atoms with Gasteiger partial charge >= 0.3 is 0 Å². The number of hydrogen-bond acceptors (Lipinski definition) is 6.